The van der Waals surface area contributed by atoms with Crippen molar-refractivity contribution in [2.45, 2.75) is 38.6 Å². The fourth-order valence-corrected chi connectivity index (χ4v) is 3.73. The quantitative estimate of drug-likeness (QED) is 0.800. The fourth-order valence-electron chi connectivity index (χ4n) is 3.73. The van der Waals surface area contributed by atoms with Gasteiger partial charge in [0.1, 0.15) is 0 Å². The van der Waals surface area contributed by atoms with E-state index >= 15 is 0 Å². The van der Waals surface area contributed by atoms with Crippen molar-refractivity contribution in [1.82, 2.24) is 15.1 Å². The van der Waals surface area contributed by atoms with Crippen LogP contribution in [0.4, 0.5) is 0 Å². The van der Waals surface area contributed by atoms with Gasteiger partial charge in [0.2, 0.25) is 0 Å². The van der Waals surface area contributed by atoms with Gasteiger partial charge in [-0.25, -0.2) is 0 Å². The minimum absolute atomic E-state index is 0.568. The molecule has 1 aliphatic heterocycles. The Balaban J connectivity index is 1.93. The summed E-state index contributed by atoms with van der Waals surface area (Å²) in [6, 6.07) is 0.725. The Labute approximate surface area is 107 Å². The molecule has 1 saturated heterocycles. The molecule has 0 aromatic carbocycles. The maximum atomic E-state index is 3.43. The van der Waals surface area contributed by atoms with Crippen molar-refractivity contribution in [2.24, 2.45) is 5.41 Å². The Kier molecular flexibility index (Phi) is 4.45. The molecule has 2 aliphatic rings. The first-order valence-corrected chi connectivity index (χ1v) is 7.22. The average molecular weight is 239 g/mol. The Hall–Kier alpha value is -0.120. The van der Waals surface area contributed by atoms with E-state index < -0.39 is 0 Å². The predicted octanol–water partition coefficient (Wildman–Crippen LogP) is 1.40. The van der Waals surface area contributed by atoms with Crippen molar-refractivity contribution in [3.63, 3.8) is 0 Å². The van der Waals surface area contributed by atoms with Crippen LogP contribution in [0.3, 0.4) is 0 Å². The molecule has 2 fully saturated rings. The van der Waals surface area contributed by atoms with Gasteiger partial charge in [-0.15, -0.1) is 0 Å². The van der Waals surface area contributed by atoms with Crippen LogP contribution in [-0.2, 0) is 0 Å². The second-order valence-electron chi connectivity index (χ2n) is 6.32. The Morgan fingerprint density at radius 3 is 2.53 bits per heavy atom. The van der Waals surface area contributed by atoms with Gasteiger partial charge in [0.15, 0.2) is 0 Å². The molecule has 2 rings (SSSR count). The molecule has 0 bridgehead atoms. The zero-order chi connectivity index (χ0) is 12.3. The highest BCUT2D eigenvalue weighted by molar-refractivity contribution is 4.91. The summed E-state index contributed by atoms with van der Waals surface area (Å²) in [6.07, 6.45) is 5.72. The molecular formula is C14H29N3. The van der Waals surface area contributed by atoms with Gasteiger partial charge in [0, 0.05) is 38.8 Å². The summed E-state index contributed by atoms with van der Waals surface area (Å²) >= 11 is 0. The smallest absolute Gasteiger partial charge is 0.0195 e. The standard InChI is InChI=1S/C14H29N3/c1-13-10-16(3)8-9-17(13)12-14(11-15-2)6-4-5-7-14/h13,15H,4-12H2,1-3H3. The lowest BCUT2D eigenvalue weighted by Gasteiger charge is -2.43. The Morgan fingerprint density at radius 1 is 1.24 bits per heavy atom. The minimum atomic E-state index is 0.568. The van der Waals surface area contributed by atoms with Gasteiger partial charge in [-0.2, -0.15) is 0 Å². The van der Waals surface area contributed by atoms with Gasteiger partial charge < -0.3 is 10.2 Å². The molecule has 0 aromatic rings. The highest BCUT2D eigenvalue weighted by Crippen LogP contribution is 2.38. The molecule has 1 atom stereocenters. The maximum Gasteiger partial charge on any atom is 0.0195 e. The van der Waals surface area contributed by atoms with Gasteiger partial charge in [-0.3, -0.25) is 4.90 Å². The molecule has 1 unspecified atom stereocenters. The molecule has 1 heterocycles. The maximum absolute atomic E-state index is 3.43. The Morgan fingerprint density at radius 2 is 1.94 bits per heavy atom. The fraction of sp³-hybridized carbons (Fsp3) is 1.00. The van der Waals surface area contributed by atoms with Crippen LogP contribution in [0.1, 0.15) is 32.6 Å². The second kappa shape index (κ2) is 5.68. The number of rotatable bonds is 4. The summed E-state index contributed by atoms with van der Waals surface area (Å²) in [5, 5.41) is 3.43. The summed E-state index contributed by atoms with van der Waals surface area (Å²) in [7, 11) is 4.35. The topological polar surface area (TPSA) is 18.5 Å². The molecule has 1 aliphatic carbocycles. The monoisotopic (exact) mass is 239 g/mol. The number of hydrogen-bond donors (Lipinski definition) is 1. The van der Waals surface area contributed by atoms with Crippen LogP contribution >= 0.6 is 0 Å². The van der Waals surface area contributed by atoms with Crippen LogP contribution in [0.5, 0.6) is 0 Å². The van der Waals surface area contributed by atoms with Gasteiger partial charge in [-0.05, 0) is 39.3 Å². The molecule has 3 heteroatoms. The van der Waals surface area contributed by atoms with E-state index in [4.69, 9.17) is 0 Å². The lowest BCUT2D eigenvalue weighted by molar-refractivity contribution is 0.0559. The van der Waals surface area contributed by atoms with Crippen LogP contribution in [0.2, 0.25) is 0 Å². The molecule has 0 spiro atoms. The summed E-state index contributed by atoms with van der Waals surface area (Å²) in [6.45, 7) is 8.62. The molecule has 1 saturated carbocycles. The van der Waals surface area contributed by atoms with Crippen LogP contribution in [0.25, 0.3) is 0 Å². The molecule has 0 aromatic heterocycles. The zero-order valence-corrected chi connectivity index (χ0v) is 11.8. The zero-order valence-electron chi connectivity index (χ0n) is 11.8. The summed E-state index contributed by atoms with van der Waals surface area (Å²) in [5.74, 6) is 0. The van der Waals surface area contributed by atoms with Crippen molar-refractivity contribution in [3.05, 3.63) is 0 Å². The highest BCUT2D eigenvalue weighted by Gasteiger charge is 2.36. The van der Waals surface area contributed by atoms with Crippen molar-refractivity contribution < 1.29 is 0 Å². The van der Waals surface area contributed by atoms with Crippen molar-refractivity contribution in [2.75, 3.05) is 46.8 Å². The second-order valence-corrected chi connectivity index (χ2v) is 6.32. The normalized spacial score (nSPS) is 30.9. The number of nitrogens with zero attached hydrogens (tertiary/aromatic N) is 2. The largest absolute Gasteiger partial charge is 0.319 e. The third kappa shape index (κ3) is 3.21. The molecule has 17 heavy (non-hydrogen) atoms. The molecule has 100 valence electrons. The lowest BCUT2D eigenvalue weighted by Crippen LogP contribution is -2.54. The van der Waals surface area contributed by atoms with E-state index in [1.807, 2.05) is 0 Å². The first kappa shape index (κ1) is 13.3. The van der Waals surface area contributed by atoms with Crippen molar-refractivity contribution in [1.29, 1.82) is 0 Å². The van der Waals surface area contributed by atoms with Crippen molar-refractivity contribution >= 4 is 0 Å². The van der Waals surface area contributed by atoms with E-state index in [1.54, 1.807) is 0 Å². The van der Waals surface area contributed by atoms with E-state index in [-0.39, 0.29) is 0 Å². The molecule has 1 N–H and O–H groups in total. The minimum Gasteiger partial charge on any atom is -0.319 e. The van der Waals surface area contributed by atoms with E-state index in [1.165, 1.54) is 58.4 Å². The third-order valence-electron chi connectivity index (χ3n) is 4.72. The predicted molar refractivity (Wildman–Crippen MR) is 73.4 cm³/mol. The van der Waals surface area contributed by atoms with Crippen LogP contribution in [0, 0.1) is 5.41 Å². The van der Waals surface area contributed by atoms with E-state index in [2.05, 4.69) is 36.1 Å². The van der Waals surface area contributed by atoms with Crippen LogP contribution < -0.4 is 5.32 Å². The van der Waals surface area contributed by atoms with E-state index in [9.17, 15) is 0 Å². The molecule has 3 nitrogen and oxygen atoms in total. The van der Waals surface area contributed by atoms with Gasteiger partial charge >= 0.3 is 0 Å². The molecule has 0 amide bonds. The number of nitrogens with one attached hydrogen (secondary N) is 1. The summed E-state index contributed by atoms with van der Waals surface area (Å²) < 4.78 is 0. The van der Waals surface area contributed by atoms with E-state index in [0.717, 1.165) is 6.04 Å². The lowest BCUT2D eigenvalue weighted by atomic mass is 9.84. The molecule has 0 radical (unpaired) electrons. The Bertz CT molecular complexity index is 236. The first-order chi connectivity index (χ1) is 8.15. The van der Waals surface area contributed by atoms with Gasteiger partial charge in [0.25, 0.3) is 0 Å². The van der Waals surface area contributed by atoms with Gasteiger partial charge in [0.05, 0.1) is 0 Å². The van der Waals surface area contributed by atoms with Crippen LogP contribution in [-0.4, -0.2) is 62.7 Å². The summed E-state index contributed by atoms with van der Waals surface area (Å²) in [4.78, 5) is 5.18. The number of hydrogen-bond acceptors (Lipinski definition) is 3. The SMILES string of the molecule is CNCC1(CN2CCN(C)CC2C)CCCC1. The third-order valence-corrected chi connectivity index (χ3v) is 4.72. The average Bonchev–Trinajstić information content (AvgIpc) is 2.72. The number of likely N-dealkylation sites (N-methyl/N-ethyl adjacent to an activating group) is 1. The van der Waals surface area contributed by atoms with Gasteiger partial charge in [-0.1, -0.05) is 12.8 Å². The highest BCUT2D eigenvalue weighted by atomic mass is 15.3. The summed E-state index contributed by atoms with van der Waals surface area (Å²) in [5.41, 5.74) is 0.568. The van der Waals surface area contributed by atoms with Crippen molar-refractivity contribution in [3.8, 4) is 0 Å². The van der Waals surface area contributed by atoms with E-state index in [0.29, 0.717) is 5.41 Å². The van der Waals surface area contributed by atoms with Crippen LogP contribution in [0.15, 0.2) is 0 Å². The molecular weight excluding hydrogens is 210 g/mol. The number of piperazine rings is 1. The first-order valence-electron chi connectivity index (χ1n) is 7.22.